The summed E-state index contributed by atoms with van der Waals surface area (Å²) in [6.07, 6.45) is 2.78. The number of aromatic nitrogens is 1. The number of benzene rings is 1. The second kappa shape index (κ2) is 6.29. The number of hydrogen-bond donors (Lipinski definition) is 0. The first-order valence-electron chi connectivity index (χ1n) is 7.84. The zero-order valence-corrected chi connectivity index (χ0v) is 14.0. The highest BCUT2D eigenvalue weighted by molar-refractivity contribution is 7.11. The first-order valence-corrected chi connectivity index (χ1v) is 8.66. The highest BCUT2D eigenvalue weighted by Gasteiger charge is 2.32. The van der Waals surface area contributed by atoms with Gasteiger partial charge in [0.1, 0.15) is 5.01 Å². The predicted molar refractivity (Wildman–Crippen MR) is 89.5 cm³/mol. The third kappa shape index (κ3) is 3.72. The standard InChI is InChI=1S/C18H24N2S/c1-13-15(3)21-18(19-13)12-20(14(2)17-9-10-17)11-16-7-5-4-6-8-16/h4-8,14,17H,9-12H2,1-3H3. The van der Waals surface area contributed by atoms with E-state index < -0.39 is 0 Å². The zero-order chi connectivity index (χ0) is 14.8. The van der Waals surface area contributed by atoms with E-state index in [1.54, 1.807) is 0 Å². The third-order valence-corrected chi connectivity index (χ3v) is 5.58. The lowest BCUT2D eigenvalue weighted by Gasteiger charge is -2.28. The Hall–Kier alpha value is -1.19. The van der Waals surface area contributed by atoms with Gasteiger partial charge in [0.15, 0.2) is 0 Å². The quantitative estimate of drug-likeness (QED) is 0.777. The SMILES string of the molecule is Cc1nc(CN(Cc2ccccc2)C(C)C2CC2)sc1C. The van der Waals surface area contributed by atoms with Gasteiger partial charge in [0.2, 0.25) is 0 Å². The molecule has 1 fully saturated rings. The summed E-state index contributed by atoms with van der Waals surface area (Å²) in [6.45, 7) is 8.67. The van der Waals surface area contributed by atoms with Crippen LogP contribution >= 0.6 is 11.3 Å². The lowest BCUT2D eigenvalue weighted by molar-refractivity contribution is 0.171. The Kier molecular flexibility index (Phi) is 4.41. The molecule has 2 aromatic rings. The molecule has 1 aliphatic rings. The van der Waals surface area contributed by atoms with Crippen LogP contribution in [0.2, 0.25) is 0 Å². The summed E-state index contributed by atoms with van der Waals surface area (Å²) in [5.74, 6) is 0.885. The van der Waals surface area contributed by atoms with Gasteiger partial charge in [0, 0.05) is 17.5 Å². The van der Waals surface area contributed by atoms with Crippen molar-refractivity contribution in [3.05, 3.63) is 51.5 Å². The van der Waals surface area contributed by atoms with Crippen molar-refractivity contribution in [2.45, 2.75) is 52.7 Å². The van der Waals surface area contributed by atoms with Gasteiger partial charge in [-0.1, -0.05) is 30.3 Å². The fourth-order valence-corrected chi connectivity index (χ4v) is 3.78. The average Bonchev–Trinajstić information content (AvgIpc) is 3.26. The Labute approximate surface area is 131 Å². The van der Waals surface area contributed by atoms with E-state index in [0.717, 1.165) is 19.0 Å². The summed E-state index contributed by atoms with van der Waals surface area (Å²) in [7, 11) is 0. The van der Waals surface area contributed by atoms with Crippen LogP contribution in [-0.2, 0) is 13.1 Å². The van der Waals surface area contributed by atoms with E-state index in [-0.39, 0.29) is 0 Å². The summed E-state index contributed by atoms with van der Waals surface area (Å²) in [6, 6.07) is 11.5. The number of hydrogen-bond acceptors (Lipinski definition) is 3. The van der Waals surface area contributed by atoms with Gasteiger partial charge in [-0.15, -0.1) is 11.3 Å². The second-order valence-electron chi connectivity index (χ2n) is 6.22. The molecular weight excluding hydrogens is 276 g/mol. The average molecular weight is 300 g/mol. The highest BCUT2D eigenvalue weighted by atomic mass is 32.1. The second-order valence-corrected chi connectivity index (χ2v) is 7.51. The molecule has 2 nitrogen and oxygen atoms in total. The number of nitrogens with zero attached hydrogens (tertiary/aromatic N) is 2. The van der Waals surface area contributed by atoms with Gasteiger partial charge in [0.25, 0.3) is 0 Å². The number of aryl methyl sites for hydroxylation is 2. The van der Waals surface area contributed by atoms with E-state index in [1.807, 2.05) is 11.3 Å². The van der Waals surface area contributed by atoms with Crippen LogP contribution in [0.5, 0.6) is 0 Å². The van der Waals surface area contributed by atoms with Gasteiger partial charge < -0.3 is 0 Å². The molecule has 1 atom stereocenters. The first kappa shape index (κ1) is 14.7. The minimum atomic E-state index is 0.648. The molecule has 0 aliphatic heterocycles. The molecule has 0 bridgehead atoms. The van der Waals surface area contributed by atoms with Crippen LogP contribution in [0.4, 0.5) is 0 Å². The van der Waals surface area contributed by atoms with Crippen molar-refractivity contribution < 1.29 is 0 Å². The summed E-state index contributed by atoms with van der Waals surface area (Å²) >= 11 is 1.85. The molecular formula is C18H24N2S. The molecule has 0 amide bonds. The van der Waals surface area contributed by atoms with Gasteiger partial charge in [0.05, 0.1) is 12.2 Å². The minimum Gasteiger partial charge on any atom is -0.289 e. The smallest absolute Gasteiger partial charge is 0.107 e. The number of rotatable bonds is 6. The summed E-state index contributed by atoms with van der Waals surface area (Å²) < 4.78 is 0. The lowest BCUT2D eigenvalue weighted by Crippen LogP contribution is -2.33. The van der Waals surface area contributed by atoms with E-state index in [4.69, 9.17) is 4.98 Å². The van der Waals surface area contributed by atoms with E-state index in [1.165, 1.54) is 34.0 Å². The topological polar surface area (TPSA) is 16.1 Å². The van der Waals surface area contributed by atoms with Crippen LogP contribution in [0.1, 0.15) is 40.9 Å². The monoisotopic (exact) mass is 300 g/mol. The van der Waals surface area contributed by atoms with E-state index >= 15 is 0 Å². The molecule has 21 heavy (non-hydrogen) atoms. The van der Waals surface area contributed by atoms with Gasteiger partial charge in [-0.05, 0) is 45.1 Å². The lowest BCUT2D eigenvalue weighted by atomic mass is 10.1. The fraction of sp³-hybridized carbons (Fsp3) is 0.500. The predicted octanol–water partition coefficient (Wildman–Crippen LogP) is 4.56. The normalized spacial score (nSPS) is 16.4. The van der Waals surface area contributed by atoms with Gasteiger partial charge in [-0.25, -0.2) is 4.98 Å². The third-order valence-electron chi connectivity index (χ3n) is 4.52. The van der Waals surface area contributed by atoms with Gasteiger partial charge in [-0.2, -0.15) is 0 Å². The molecule has 0 N–H and O–H groups in total. The minimum absolute atomic E-state index is 0.648. The molecule has 3 rings (SSSR count). The summed E-state index contributed by atoms with van der Waals surface area (Å²) in [5.41, 5.74) is 2.59. The van der Waals surface area contributed by atoms with Crippen molar-refractivity contribution in [3.8, 4) is 0 Å². The van der Waals surface area contributed by atoms with Crippen molar-refractivity contribution >= 4 is 11.3 Å². The van der Waals surface area contributed by atoms with Crippen LogP contribution in [0, 0.1) is 19.8 Å². The van der Waals surface area contributed by atoms with Gasteiger partial charge in [-0.3, -0.25) is 4.90 Å². The van der Waals surface area contributed by atoms with Crippen LogP contribution in [-0.4, -0.2) is 15.9 Å². The van der Waals surface area contributed by atoms with Crippen LogP contribution in [0.25, 0.3) is 0 Å². The van der Waals surface area contributed by atoms with Crippen molar-refractivity contribution in [2.24, 2.45) is 5.92 Å². The Balaban J connectivity index is 1.75. The zero-order valence-electron chi connectivity index (χ0n) is 13.2. The molecule has 0 spiro atoms. The molecule has 1 heterocycles. The number of thiazole rings is 1. The molecule has 1 saturated carbocycles. The molecule has 1 aromatic heterocycles. The molecule has 0 radical (unpaired) electrons. The Bertz CT molecular complexity index is 567. The van der Waals surface area contributed by atoms with Crippen LogP contribution in [0.15, 0.2) is 30.3 Å². The Morgan fingerprint density at radius 1 is 1.19 bits per heavy atom. The maximum atomic E-state index is 4.73. The van der Waals surface area contributed by atoms with Crippen molar-refractivity contribution in [2.75, 3.05) is 0 Å². The highest BCUT2D eigenvalue weighted by Crippen LogP contribution is 2.36. The van der Waals surface area contributed by atoms with Crippen molar-refractivity contribution in [1.29, 1.82) is 0 Å². The maximum Gasteiger partial charge on any atom is 0.107 e. The van der Waals surface area contributed by atoms with E-state index in [0.29, 0.717) is 6.04 Å². The molecule has 1 unspecified atom stereocenters. The van der Waals surface area contributed by atoms with E-state index in [9.17, 15) is 0 Å². The van der Waals surface area contributed by atoms with Crippen molar-refractivity contribution in [3.63, 3.8) is 0 Å². The largest absolute Gasteiger partial charge is 0.289 e. The maximum absolute atomic E-state index is 4.73. The molecule has 0 saturated heterocycles. The summed E-state index contributed by atoms with van der Waals surface area (Å²) in [4.78, 5) is 8.68. The molecule has 112 valence electrons. The van der Waals surface area contributed by atoms with E-state index in [2.05, 4.69) is 56.0 Å². The summed E-state index contributed by atoms with van der Waals surface area (Å²) in [5, 5.41) is 1.26. The van der Waals surface area contributed by atoms with Crippen molar-refractivity contribution in [1.82, 2.24) is 9.88 Å². The first-order chi connectivity index (χ1) is 10.1. The molecule has 1 aromatic carbocycles. The Morgan fingerprint density at radius 2 is 1.90 bits per heavy atom. The van der Waals surface area contributed by atoms with Gasteiger partial charge >= 0.3 is 0 Å². The molecule has 3 heteroatoms. The fourth-order valence-electron chi connectivity index (χ4n) is 2.82. The Morgan fingerprint density at radius 3 is 2.48 bits per heavy atom. The van der Waals surface area contributed by atoms with Crippen LogP contribution < -0.4 is 0 Å². The van der Waals surface area contributed by atoms with Crippen LogP contribution in [0.3, 0.4) is 0 Å². The molecule has 1 aliphatic carbocycles.